The van der Waals surface area contributed by atoms with E-state index in [2.05, 4.69) is 48.7 Å². The van der Waals surface area contributed by atoms with Crippen molar-refractivity contribution in [1.29, 1.82) is 0 Å². The van der Waals surface area contributed by atoms with Crippen molar-refractivity contribution in [2.75, 3.05) is 18.5 Å². The molecule has 2 rings (SSSR count). The maximum atomic E-state index is 5.61. The lowest BCUT2D eigenvalue weighted by Crippen LogP contribution is -2.33. The Morgan fingerprint density at radius 1 is 1.24 bits per heavy atom. The Labute approximate surface area is 129 Å². The van der Waals surface area contributed by atoms with Gasteiger partial charge in [-0.25, -0.2) is 0 Å². The fourth-order valence-corrected chi connectivity index (χ4v) is 2.94. The standard InChI is InChI=1S/C18H30N2O/c1-3-13-21-18-10-8-16(9-11-18)20-15(2)14-17-7-5-4-6-12-19-17/h8-11,15,17,19-20H,3-7,12-14H2,1-2H3. The molecule has 0 aliphatic carbocycles. The lowest BCUT2D eigenvalue weighted by Gasteiger charge is -2.22. The van der Waals surface area contributed by atoms with Gasteiger partial charge >= 0.3 is 0 Å². The van der Waals surface area contributed by atoms with E-state index in [9.17, 15) is 0 Å². The average molecular weight is 290 g/mol. The normalized spacial score (nSPS) is 20.6. The Hall–Kier alpha value is -1.22. The maximum absolute atomic E-state index is 5.61. The van der Waals surface area contributed by atoms with E-state index >= 15 is 0 Å². The molecule has 1 heterocycles. The zero-order valence-corrected chi connectivity index (χ0v) is 13.5. The Kier molecular flexibility index (Phi) is 6.87. The van der Waals surface area contributed by atoms with Crippen molar-refractivity contribution in [2.24, 2.45) is 0 Å². The summed E-state index contributed by atoms with van der Waals surface area (Å²) in [4.78, 5) is 0. The third kappa shape index (κ3) is 5.96. The Balaban J connectivity index is 1.77. The van der Waals surface area contributed by atoms with E-state index in [1.54, 1.807) is 0 Å². The van der Waals surface area contributed by atoms with Crippen molar-refractivity contribution in [1.82, 2.24) is 5.32 Å². The van der Waals surface area contributed by atoms with Crippen LogP contribution in [0.15, 0.2) is 24.3 Å². The molecule has 0 aromatic heterocycles. The summed E-state index contributed by atoms with van der Waals surface area (Å²) in [5.74, 6) is 0.959. The van der Waals surface area contributed by atoms with E-state index in [0.29, 0.717) is 12.1 Å². The molecule has 2 unspecified atom stereocenters. The number of hydrogen-bond donors (Lipinski definition) is 2. The molecule has 0 radical (unpaired) electrons. The number of hydrogen-bond acceptors (Lipinski definition) is 3. The highest BCUT2D eigenvalue weighted by atomic mass is 16.5. The molecule has 118 valence electrons. The zero-order chi connectivity index (χ0) is 14.9. The van der Waals surface area contributed by atoms with Crippen molar-refractivity contribution >= 4 is 5.69 Å². The van der Waals surface area contributed by atoms with E-state index in [1.807, 2.05) is 0 Å². The number of benzene rings is 1. The van der Waals surface area contributed by atoms with Crippen molar-refractivity contribution in [2.45, 2.75) is 64.5 Å². The molecule has 1 aromatic rings. The summed E-state index contributed by atoms with van der Waals surface area (Å²) in [7, 11) is 0. The maximum Gasteiger partial charge on any atom is 0.119 e. The minimum atomic E-state index is 0.489. The second-order valence-corrected chi connectivity index (χ2v) is 6.15. The van der Waals surface area contributed by atoms with Crippen LogP contribution in [0.5, 0.6) is 5.75 Å². The number of rotatable bonds is 7. The van der Waals surface area contributed by atoms with Gasteiger partial charge in [0.15, 0.2) is 0 Å². The minimum Gasteiger partial charge on any atom is -0.494 e. The molecule has 1 aliphatic rings. The number of anilines is 1. The van der Waals surface area contributed by atoms with Gasteiger partial charge in [0, 0.05) is 17.8 Å². The fourth-order valence-electron chi connectivity index (χ4n) is 2.94. The number of nitrogens with one attached hydrogen (secondary N) is 2. The van der Waals surface area contributed by atoms with Crippen molar-refractivity contribution < 1.29 is 4.74 Å². The number of ether oxygens (including phenoxy) is 1. The van der Waals surface area contributed by atoms with Crippen LogP contribution in [0.1, 0.15) is 52.4 Å². The molecule has 21 heavy (non-hydrogen) atoms. The zero-order valence-electron chi connectivity index (χ0n) is 13.5. The molecule has 1 aliphatic heterocycles. The van der Waals surface area contributed by atoms with Gasteiger partial charge in [0.05, 0.1) is 6.61 Å². The first-order valence-corrected chi connectivity index (χ1v) is 8.50. The summed E-state index contributed by atoms with van der Waals surface area (Å²) in [5, 5.41) is 7.27. The van der Waals surface area contributed by atoms with Crippen LogP contribution in [0, 0.1) is 0 Å². The van der Waals surface area contributed by atoms with E-state index in [-0.39, 0.29) is 0 Å². The van der Waals surface area contributed by atoms with Gasteiger partial charge in [0.2, 0.25) is 0 Å². The monoisotopic (exact) mass is 290 g/mol. The minimum absolute atomic E-state index is 0.489. The summed E-state index contributed by atoms with van der Waals surface area (Å²) in [6, 6.07) is 9.48. The fraction of sp³-hybridized carbons (Fsp3) is 0.667. The molecule has 2 N–H and O–H groups in total. The van der Waals surface area contributed by atoms with Crippen LogP contribution in [-0.4, -0.2) is 25.2 Å². The predicted octanol–water partition coefficient (Wildman–Crippen LogP) is 4.20. The van der Waals surface area contributed by atoms with Crippen LogP contribution < -0.4 is 15.4 Å². The van der Waals surface area contributed by atoms with Crippen molar-refractivity contribution in [3.63, 3.8) is 0 Å². The third-order valence-electron chi connectivity index (χ3n) is 4.04. The molecule has 3 nitrogen and oxygen atoms in total. The highest BCUT2D eigenvalue weighted by Gasteiger charge is 2.14. The SMILES string of the molecule is CCCOc1ccc(NC(C)CC2CCCCCN2)cc1. The summed E-state index contributed by atoms with van der Waals surface area (Å²) in [6.45, 7) is 6.37. The Bertz CT molecular complexity index is 383. The van der Waals surface area contributed by atoms with Gasteiger partial charge in [-0.3, -0.25) is 0 Å². The van der Waals surface area contributed by atoms with E-state index in [1.165, 1.54) is 44.3 Å². The second kappa shape index (κ2) is 8.93. The van der Waals surface area contributed by atoms with Gasteiger partial charge in [-0.2, -0.15) is 0 Å². The molecule has 0 spiro atoms. The first-order valence-electron chi connectivity index (χ1n) is 8.50. The van der Waals surface area contributed by atoms with Crippen LogP contribution in [0.3, 0.4) is 0 Å². The van der Waals surface area contributed by atoms with E-state index in [4.69, 9.17) is 4.74 Å². The van der Waals surface area contributed by atoms with Crippen LogP contribution in [0.2, 0.25) is 0 Å². The molecule has 0 amide bonds. The average Bonchev–Trinajstić information content (AvgIpc) is 2.75. The van der Waals surface area contributed by atoms with E-state index in [0.717, 1.165) is 18.8 Å². The lowest BCUT2D eigenvalue weighted by atomic mass is 10.0. The van der Waals surface area contributed by atoms with Gasteiger partial charge in [0.1, 0.15) is 5.75 Å². The smallest absolute Gasteiger partial charge is 0.119 e. The Morgan fingerprint density at radius 3 is 2.81 bits per heavy atom. The van der Waals surface area contributed by atoms with Crippen LogP contribution in [0.4, 0.5) is 5.69 Å². The highest BCUT2D eigenvalue weighted by Crippen LogP contribution is 2.19. The van der Waals surface area contributed by atoms with Gasteiger partial charge in [-0.05, 0) is 63.4 Å². The molecular formula is C18H30N2O. The second-order valence-electron chi connectivity index (χ2n) is 6.15. The van der Waals surface area contributed by atoms with Gasteiger partial charge in [-0.15, -0.1) is 0 Å². The lowest BCUT2D eigenvalue weighted by molar-refractivity contribution is 0.317. The third-order valence-corrected chi connectivity index (χ3v) is 4.04. The van der Waals surface area contributed by atoms with Crippen LogP contribution in [-0.2, 0) is 0 Å². The summed E-state index contributed by atoms with van der Waals surface area (Å²) in [5.41, 5.74) is 1.18. The molecule has 3 heteroatoms. The van der Waals surface area contributed by atoms with Crippen LogP contribution >= 0.6 is 0 Å². The first-order chi connectivity index (χ1) is 10.3. The predicted molar refractivity (Wildman–Crippen MR) is 90.2 cm³/mol. The van der Waals surface area contributed by atoms with Gasteiger partial charge in [0.25, 0.3) is 0 Å². The molecular weight excluding hydrogens is 260 g/mol. The Morgan fingerprint density at radius 2 is 2.05 bits per heavy atom. The molecule has 2 atom stereocenters. The van der Waals surface area contributed by atoms with Gasteiger partial charge < -0.3 is 15.4 Å². The van der Waals surface area contributed by atoms with Crippen molar-refractivity contribution in [3.8, 4) is 5.75 Å². The molecule has 0 bridgehead atoms. The highest BCUT2D eigenvalue weighted by molar-refractivity contribution is 5.46. The first kappa shape index (κ1) is 16.2. The summed E-state index contributed by atoms with van der Waals surface area (Å²) >= 11 is 0. The van der Waals surface area contributed by atoms with Crippen molar-refractivity contribution in [3.05, 3.63) is 24.3 Å². The topological polar surface area (TPSA) is 33.3 Å². The molecule has 1 fully saturated rings. The summed E-state index contributed by atoms with van der Waals surface area (Å²) < 4.78 is 5.61. The largest absolute Gasteiger partial charge is 0.494 e. The quantitative estimate of drug-likeness (QED) is 0.789. The van der Waals surface area contributed by atoms with Gasteiger partial charge in [-0.1, -0.05) is 19.8 Å². The molecule has 1 saturated heterocycles. The van der Waals surface area contributed by atoms with E-state index < -0.39 is 0 Å². The summed E-state index contributed by atoms with van der Waals surface area (Å²) in [6.07, 6.45) is 7.63. The molecule has 1 aromatic carbocycles. The molecule has 0 saturated carbocycles. The van der Waals surface area contributed by atoms with Crippen LogP contribution in [0.25, 0.3) is 0 Å².